The molecule has 0 aromatic carbocycles. The number of hydrogen-bond donors (Lipinski definition) is 2. The molecule has 0 unspecified atom stereocenters. The lowest BCUT2D eigenvalue weighted by atomic mass is 9.89. The second-order valence-corrected chi connectivity index (χ2v) is 3.35. The van der Waals surface area contributed by atoms with Crippen LogP contribution in [-0.2, 0) is 9.53 Å². The summed E-state index contributed by atoms with van der Waals surface area (Å²) < 4.78 is 5.37. The van der Waals surface area contributed by atoms with Crippen molar-refractivity contribution in [2.45, 2.75) is 38.3 Å². The first kappa shape index (κ1) is 10.5. The van der Waals surface area contributed by atoms with E-state index in [1.165, 1.54) is 0 Å². The fourth-order valence-electron chi connectivity index (χ4n) is 1.49. The zero-order chi connectivity index (χ0) is 9.68. The van der Waals surface area contributed by atoms with Gasteiger partial charge in [-0.1, -0.05) is 0 Å². The minimum Gasteiger partial charge on any atom is -0.378 e. The highest BCUT2D eigenvalue weighted by atomic mass is 16.5. The maximum atomic E-state index is 11.1. The first-order chi connectivity index (χ1) is 6.26. The van der Waals surface area contributed by atoms with Crippen LogP contribution in [-0.4, -0.2) is 31.2 Å². The number of carbonyl (C=O) groups excluding carboxylic acids is 1. The van der Waals surface area contributed by atoms with Crippen LogP contribution in [0.1, 0.15) is 26.2 Å². The van der Waals surface area contributed by atoms with Crippen molar-refractivity contribution in [3.05, 3.63) is 0 Å². The maximum absolute atomic E-state index is 11.1. The molecule has 13 heavy (non-hydrogen) atoms. The van der Waals surface area contributed by atoms with Crippen molar-refractivity contribution in [1.82, 2.24) is 5.32 Å². The molecule has 0 heterocycles. The lowest BCUT2D eigenvalue weighted by Gasteiger charge is -2.35. The van der Waals surface area contributed by atoms with E-state index in [0.717, 1.165) is 19.4 Å². The van der Waals surface area contributed by atoms with E-state index in [2.05, 4.69) is 5.32 Å². The van der Waals surface area contributed by atoms with Crippen LogP contribution in [0, 0.1) is 0 Å². The topological polar surface area (TPSA) is 64.3 Å². The summed E-state index contributed by atoms with van der Waals surface area (Å²) in [6, 6.07) is 0.315. The Labute approximate surface area is 78.8 Å². The van der Waals surface area contributed by atoms with E-state index in [1.54, 1.807) is 0 Å². The number of carbonyl (C=O) groups is 1. The van der Waals surface area contributed by atoms with Gasteiger partial charge in [0.1, 0.15) is 0 Å². The van der Waals surface area contributed by atoms with E-state index in [9.17, 15) is 4.79 Å². The van der Waals surface area contributed by atoms with E-state index in [0.29, 0.717) is 25.1 Å². The molecular weight excluding hydrogens is 168 g/mol. The van der Waals surface area contributed by atoms with Crippen molar-refractivity contribution in [3.8, 4) is 0 Å². The number of rotatable bonds is 5. The van der Waals surface area contributed by atoms with Crippen LogP contribution in [0.4, 0.5) is 0 Å². The molecule has 0 saturated heterocycles. The average molecular weight is 186 g/mol. The SMILES string of the molecule is CCOC1CC(NC(=O)CCN)C1. The van der Waals surface area contributed by atoms with E-state index in [4.69, 9.17) is 10.5 Å². The molecule has 1 saturated carbocycles. The van der Waals surface area contributed by atoms with E-state index in [1.807, 2.05) is 6.92 Å². The van der Waals surface area contributed by atoms with Gasteiger partial charge in [-0.3, -0.25) is 4.79 Å². The van der Waals surface area contributed by atoms with Gasteiger partial charge in [0, 0.05) is 25.6 Å². The second-order valence-electron chi connectivity index (χ2n) is 3.35. The van der Waals surface area contributed by atoms with Gasteiger partial charge < -0.3 is 15.8 Å². The Kier molecular flexibility index (Phi) is 4.18. The third kappa shape index (κ3) is 3.32. The summed E-state index contributed by atoms with van der Waals surface area (Å²) in [6.45, 7) is 3.17. The van der Waals surface area contributed by atoms with Crippen LogP contribution in [0.25, 0.3) is 0 Å². The minimum absolute atomic E-state index is 0.0578. The van der Waals surface area contributed by atoms with Gasteiger partial charge in [-0.25, -0.2) is 0 Å². The fraction of sp³-hybridized carbons (Fsp3) is 0.889. The van der Waals surface area contributed by atoms with Gasteiger partial charge in [0.2, 0.25) is 5.91 Å². The Morgan fingerprint density at radius 3 is 2.85 bits per heavy atom. The summed E-state index contributed by atoms with van der Waals surface area (Å²) >= 11 is 0. The molecule has 0 spiro atoms. The Morgan fingerprint density at radius 2 is 2.31 bits per heavy atom. The van der Waals surface area contributed by atoms with Crippen molar-refractivity contribution in [1.29, 1.82) is 0 Å². The normalized spacial score (nSPS) is 26.6. The molecule has 1 amide bonds. The molecule has 76 valence electrons. The van der Waals surface area contributed by atoms with E-state index < -0.39 is 0 Å². The maximum Gasteiger partial charge on any atom is 0.221 e. The Morgan fingerprint density at radius 1 is 1.62 bits per heavy atom. The Bertz CT molecular complexity index is 167. The molecule has 0 aromatic rings. The van der Waals surface area contributed by atoms with Crippen LogP contribution in [0.3, 0.4) is 0 Å². The predicted molar refractivity (Wildman–Crippen MR) is 50.3 cm³/mol. The molecule has 1 rings (SSSR count). The summed E-state index contributed by atoms with van der Waals surface area (Å²) in [4.78, 5) is 11.1. The van der Waals surface area contributed by atoms with Crippen LogP contribution >= 0.6 is 0 Å². The fourth-order valence-corrected chi connectivity index (χ4v) is 1.49. The smallest absolute Gasteiger partial charge is 0.221 e. The van der Waals surface area contributed by atoms with Gasteiger partial charge in [0.15, 0.2) is 0 Å². The molecule has 1 fully saturated rings. The third-order valence-electron chi connectivity index (χ3n) is 2.23. The molecule has 0 aromatic heterocycles. The lowest BCUT2D eigenvalue weighted by Crippen LogP contribution is -2.48. The zero-order valence-electron chi connectivity index (χ0n) is 8.08. The molecule has 4 heteroatoms. The summed E-state index contributed by atoms with van der Waals surface area (Å²) in [5, 5.41) is 2.91. The van der Waals surface area contributed by atoms with Crippen LogP contribution < -0.4 is 11.1 Å². The summed E-state index contributed by atoms with van der Waals surface area (Å²) in [7, 11) is 0. The molecular formula is C9H18N2O2. The highest BCUT2D eigenvalue weighted by Crippen LogP contribution is 2.22. The highest BCUT2D eigenvalue weighted by molar-refractivity contribution is 5.76. The number of hydrogen-bond acceptors (Lipinski definition) is 3. The van der Waals surface area contributed by atoms with Gasteiger partial charge in [-0.15, -0.1) is 0 Å². The number of ether oxygens (including phenoxy) is 1. The van der Waals surface area contributed by atoms with Crippen LogP contribution in [0.5, 0.6) is 0 Å². The molecule has 1 aliphatic rings. The number of nitrogens with one attached hydrogen (secondary N) is 1. The van der Waals surface area contributed by atoms with Crippen LogP contribution in [0.2, 0.25) is 0 Å². The Hall–Kier alpha value is -0.610. The number of amides is 1. The Balaban J connectivity index is 2.04. The second kappa shape index (κ2) is 5.19. The number of nitrogens with two attached hydrogens (primary N) is 1. The van der Waals surface area contributed by atoms with Crippen molar-refractivity contribution < 1.29 is 9.53 Å². The molecule has 0 radical (unpaired) electrons. The quantitative estimate of drug-likeness (QED) is 0.636. The van der Waals surface area contributed by atoms with Crippen molar-refractivity contribution >= 4 is 5.91 Å². The van der Waals surface area contributed by atoms with Gasteiger partial charge in [0.05, 0.1) is 6.10 Å². The summed E-state index contributed by atoms with van der Waals surface area (Å²) in [5.74, 6) is 0.0578. The van der Waals surface area contributed by atoms with Crippen LogP contribution in [0.15, 0.2) is 0 Å². The van der Waals surface area contributed by atoms with E-state index >= 15 is 0 Å². The minimum atomic E-state index is 0.0578. The van der Waals surface area contributed by atoms with Gasteiger partial charge >= 0.3 is 0 Å². The first-order valence-corrected chi connectivity index (χ1v) is 4.87. The molecule has 4 nitrogen and oxygen atoms in total. The summed E-state index contributed by atoms with van der Waals surface area (Å²) in [5.41, 5.74) is 5.25. The zero-order valence-corrected chi connectivity index (χ0v) is 8.08. The summed E-state index contributed by atoms with van der Waals surface area (Å²) in [6.07, 6.45) is 2.68. The van der Waals surface area contributed by atoms with E-state index in [-0.39, 0.29) is 5.91 Å². The molecule has 0 aliphatic heterocycles. The van der Waals surface area contributed by atoms with Crippen molar-refractivity contribution in [3.63, 3.8) is 0 Å². The van der Waals surface area contributed by atoms with Crippen molar-refractivity contribution in [2.75, 3.05) is 13.2 Å². The molecule has 0 atom stereocenters. The monoisotopic (exact) mass is 186 g/mol. The standard InChI is InChI=1S/C9H18N2O2/c1-2-13-8-5-7(6-8)11-9(12)3-4-10/h7-8H,2-6,10H2,1H3,(H,11,12). The van der Waals surface area contributed by atoms with Gasteiger partial charge in [0.25, 0.3) is 0 Å². The van der Waals surface area contributed by atoms with Crippen molar-refractivity contribution in [2.24, 2.45) is 5.73 Å². The largest absolute Gasteiger partial charge is 0.378 e. The molecule has 1 aliphatic carbocycles. The van der Waals surface area contributed by atoms with Gasteiger partial charge in [-0.2, -0.15) is 0 Å². The molecule has 0 bridgehead atoms. The van der Waals surface area contributed by atoms with Gasteiger partial charge in [-0.05, 0) is 19.8 Å². The molecule has 3 N–H and O–H groups in total. The first-order valence-electron chi connectivity index (χ1n) is 4.87. The predicted octanol–water partition coefficient (Wildman–Crippen LogP) is 0.0189. The lowest BCUT2D eigenvalue weighted by molar-refractivity contribution is -0.123. The highest BCUT2D eigenvalue weighted by Gasteiger charge is 2.30. The average Bonchev–Trinajstić information content (AvgIpc) is 2.01. The third-order valence-corrected chi connectivity index (χ3v) is 2.23.